The van der Waals surface area contributed by atoms with E-state index < -0.39 is 0 Å². The van der Waals surface area contributed by atoms with Crippen molar-refractivity contribution in [1.82, 2.24) is 9.67 Å². The number of hydrogen-bond acceptors (Lipinski definition) is 1. The number of nitrogens with zero attached hydrogens (tertiary/aromatic N) is 4. The van der Waals surface area contributed by atoms with Gasteiger partial charge in [-0.2, -0.15) is 4.68 Å². The van der Waals surface area contributed by atoms with E-state index in [0.717, 1.165) is 5.82 Å². The molecule has 0 amide bonds. The highest BCUT2D eigenvalue weighted by Gasteiger charge is 2.21. The van der Waals surface area contributed by atoms with Gasteiger partial charge in [0.1, 0.15) is 23.8 Å². The first-order chi connectivity index (χ1) is 11.4. The van der Waals surface area contributed by atoms with E-state index >= 15 is 0 Å². The van der Waals surface area contributed by atoms with Crippen LogP contribution < -0.4 is 9.25 Å². The van der Waals surface area contributed by atoms with Crippen LogP contribution in [0.3, 0.4) is 0 Å². The van der Waals surface area contributed by atoms with E-state index in [0.29, 0.717) is 6.04 Å². The fraction of sp³-hybridized carbons (Fsp3) is 0.350. The van der Waals surface area contributed by atoms with E-state index in [-0.39, 0.29) is 0 Å². The molecule has 1 aromatic carbocycles. The zero-order valence-corrected chi connectivity index (χ0v) is 15.4. The van der Waals surface area contributed by atoms with Crippen LogP contribution in [0.15, 0.2) is 42.9 Å². The average molecular weight is 322 g/mol. The Morgan fingerprint density at radius 1 is 1.08 bits per heavy atom. The molecule has 3 rings (SSSR count). The number of aromatic nitrogens is 4. The molecule has 24 heavy (non-hydrogen) atoms. The minimum Gasteiger partial charge on any atom is -0.200 e. The van der Waals surface area contributed by atoms with Crippen LogP contribution in [-0.4, -0.2) is 9.67 Å². The van der Waals surface area contributed by atoms with Gasteiger partial charge in [-0.3, -0.25) is 0 Å². The third-order valence-corrected chi connectivity index (χ3v) is 4.60. The fourth-order valence-electron chi connectivity index (χ4n) is 3.32. The highest BCUT2D eigenvalue weighted by atomic mass is 15.4. The van der Waals surface area contributed by atoms with E-state index in [1.165, 1.54) is 28.1 Å². The van der Waals surface area contributed by atoms with Crippen LogP contribution in [0.2, 0.25) is 0 Å². The normalized spacial score (nSPS) is 11.3. The molecule has 0 N–H and O–H groups in total. The SMILES string of the molecule is Cc1cc(-c2cc[n+](C(C)C)n2C)c(C)c(-[n+]2cccnc2C)c1. The molecule has 0 fully saturated rings. The average Bonchev–Trinajstić information content (AvgIpc) is 2.92. The lowest BCUT2D eigenvalue weighted by atomic mass is 10.0. The van der Waals surface area contributed by atoms with Gasteiger partial charge in [0.15, 0.2) is 12.2 Å². The van der Waals surface area contributed by atoms with Crippen LogP contribution in [0.25, 0.3) is 16.9 Å². The second kappa shape index (κ2) is 6.19. The molecule has 4 heteroatoms. The first kappa shape index (κ1) is 16.4. The molecule has 0 aliphatic heterocycles. The van der Waals surface area contributed by atoms with Gasteiger partial charge in [0, 0.05) is 30.2 Å². The maximum atomic E-state index is 4.43. The van der Waals surface area contributed by atoms with Crippen molar-refractivity contribution in [2.45, 2.75) is 40.7 Å². The molecule has 0 unspecified atom stereocenters. The van der Waals surface area contributed by atoms with Crippen LogP contribution in [0.1, 0.15) is 36.8 Å². The Balaban J connectivity index is 2.23. The topological polar surface area (TPSA) is 25.6 Å². The summed E-state index contributed by atoms with van der Waals surface area (Å²) in [5.74, 6) is 0.987. The molecule has 2 aromatic heterocycles. The minimum atomic E-state index is 0.434. The van der Waals surface area contributed by atoms with Crippen LogP contribution >= 0.6 is 0 Å². The molecule has 0 saturated heterocycles. The molecule has 0 radical (unpaired) electrons. The molecule has 0 saturated carbocycles. The third kappa shape index (κ3) is 2.73. The van der Waals surface area contributed by atoms with Crippen molar-refractivity contribution in [3.63, 3.8) is 0 Å². The summed E-state index contributed by atoms with van der Waals surface area (Å²) >= 11 is 0. The van der Waals surface area contributed by atoms with Crippen molar-refractivity contribution in [1.29, 1.82) is 0 Å². The van der Waals surface area contributed by atoms with E-state index in [1.54, 1.807) is 0 Å². The van der Waals surface area contributed by atoms with Crippen LogP contribution in [0, 0.1) is 20.8 Å². The largest absolute Gasteiger partial charge is 0.300 e. The number of hydrogen-bond donors (Lipinski definition) is 0. The van der Waals surface area contributed by atoms with Gasteiger partial charge in [0.05, 0.1) is 7.05 Å². The fourth-order valence-corrected chi connectivity index (χ4v) is 3.32. The first-order valence-electron chi connectivity index (χ1n) is 8.42. The summed E-state index contributed by atoms with van der Waals surface area (Å²) in [5, 5.41) is 0. The van der Waals surface area contributed by atoms with Gasteiger partial charge in [-0.05, 0) is 45.4 Å². The molecule has 124 valence electrons. The van der Waals surface area contributed by atoms with Crippen molar-refractivity contribution in [2.24, 2.45) is 7.05 Å². The summed E-state index contributed by atoms with van der Waals surface area (Å²) in [6, 6.07) is 9.11. The quantitative estimate of drug-likeness (QED) is 0.680. The van der Waals surface area contributed by atoms with Gasteiger partial charge in [0.2, 0.25) is 0 Å². The Hall–Kier alpha value is -2.49. The Labute approximate surface area is 144 Å². The van der Waals surface area contributed by atoms with Crippen molar-refractivity contribution in [2.75, 3.05) is 0 Å². The summed E-state index contributed by atoms with van der Waals surface area (Å²) in [6.45, 7) is 10.8. The summed E-state index contributed by atoms with van der Waals surface area (Å²) in [7, 11) is 2.12. The smallest absolute Gasteiger partial charge is 0.200 e. The maximum Gasteiger partial charge on any atom is 0.300 e. The molecule has 3 aromatic rings. The minimum absolute atomic E-state index is 0.434. The van der Waals surface area contributed by atoms with Gasteiger partial charge in [-0.25, -0.2) is 4.57 Å². The lowest BCUT2D eigenvalue weighted by molar-refractivity contribution is -0.789. The van der Waals surface area contributed by atoms with Crippen molar-refractivity contribution < 1.29 is 9.25 Å². The van der Waals surface area contributed by atoms with Crippen LogP contribution in [0.4, 0.5) is 0 Å². The van der Waals surface area contributed by atoms with E-state index in [2.05, 4.69) is 84.3 Å². The predicted octanol–water partition coefficient (Wildman–Crippen LogP) is 3.16. The van der Waals surface area contributed by atoms with Crippen molar-refractivity contribution in [3.05, 3.63) is 59.8 Å². The lowest BCUT2D eigenvalue weighted by Crippen LogP contribution is -2.43. The van der Waals surface area contributed by atoms with Gasteiger partial charge < -0.3 is 0 Å². The highest BCUT2D eigenvalue weighted by molar-refractivity contribution is 5.67. The number of rotatable bonds is 3. The Morgan fingerprint density at radius 3 is 2.46 bits per heavy atom. The van der Waals surface area contributed by atoms with Crippen LogP contribution in [0.5, 0.6) is 0 Å². The van der Waals surface area contributed by atoms with Gasteiger partial charge in [-0.1, -0.05) is 4.98 Å². The molecule has 4 nitrogen and oxygen atoms in total. The van der Waals surface area contributed by atoms with Crippen molar-refractivity contribution in [3.8, 4) is 16.9 Å². The lowest BCUT2D eigenvalue weighted by Gasteiger charge is -2.12. The summed E-state index contributed by atoms with van der Waals surface area (Å²) < 4.78 is 6.64. The molecule has 0 atom stereocenters. The Kier molecular flexibility index (Phi) is 4.22. The second-order valence-corrected chi connectivity index (χ2v) is 6.69. The maximum absolute atomic E-state index is 4.43. The summed E-state index contributed by atoms with van der Waals surface area (Å²) in [5.41, 5.74) is 6.20. The van der Waals surface area contributed by atoms with Crippen LogP contribution in [-0.2, 0) is 7.05 Å². The molecular formula is C20H26N4+2. The van der Waals surface area contributed by atoms with E-state index in [9.17, 15) is 0 Å². The zero-order valence-electron chi connectivity index (χ0n) is 15.4. The molecule has 0 spiro atoms. The highest BCUT2D eigenvalue weighted by Crippen LogP contribution is 2.27. The van der Waals surface area contributed by atoms with E-state index in [1.807, 2.05) is 19.2 Å². The third-order valence-electron chi connectivity index (χ3n) is 4.60. The number of aryl methyl sites for hydroxylation is 2. The van der Waals surface area contributed by atoms with Gasteiger partial charge >= 0.3 is 0 Å². The second-order valence-electron chi connectivity index (χ2n) is 6.69. The monoisotopic (exact) mass is 322 g/mol. The van der Waals surface area contributed by atoms with Gasteiger partial charge in [-0.15, -0.1) is 4.68 Å². The zero-order chi connectivity index (χ0) is 17.4. The molecule has 2 heterocycles. The van der Waals surface area contributed by atoms with Crippen molar-refractivity contribution >= 4 is 0 Å². The molecule has 0 aliphatic rings. The van der Waals surface area contributed by atoms with Gasteiger partial charge in [0.25, 0.3) is 5.82 Å². The predicted molar refractivity (Wildman–Crippen MR) is 95.0 cm³/mol. The molecule has 0 bridgehead atoms. The Morgan fingerprint density at radius 2 is 1.83 bits per heavy atom. The Bertz CT molecular complexity index is 891. The number of benzene rings is 1. The standard InChI is InChI=1S/C20H26N4/c1-14(2)24-11-8-19(22(24)6)18-12-15(3)13-20(16(18)4)23-10-7-9-21-17(23)5/h7-14H,1-6H3/q+2. The van der Waals surface area contributed by atoms with E-state index in [4.69, 9.17) is 0 Å². The summed E-state index contributed by atoms with van der Waals surface area (Å²) in [4.78, 5) is 4.43. The molecular weight excluding hydrogens is 296 g/mol. The first-order valence-corrected chi connectivity index (χ1v) is 8.42. The summed E-state index contributed by atoms with van der Waals surface area (Å²) in [6.07, 6.45) is 6.07. The molecule has 0 aliphatic carbocycles.